The maximum Gasteiger partial charge on any atom is 0.308 e. The summed E-state index contributed by atoms with van der Waals surface area (Å²) >= 11 is 0. The fourth-order valence-electron chi connectivity index (χ4n) is 2.36. The molecule has 2 unspecified atom stereocenters. The van der Waals surface area contributed by atoms with Crippen LogP contribution in [0.4, 0.5) is 0 Å². The summed E-state index contributed by atoms with van der Waals surface area (Å²) in [6, 6.07) is 6.66. The van der Waals surface area contributed by atoms with Crippen LogP contribution in [0.25, 0.3) is 0 Å². The Bertz CT molecular complexity index is 596. The number of aliphatic carboxylic acids is 1. The van der Waals surface area contributed by atoms with Gasteiger partial charge in [-0.25, -0.2) is 8.42 Å². The highest BCUT2D eigenvalue weighted by molar-refractivity contribution is 7.89. The molecule has 104 valence electrons. The molecule has 1 aromatic carbocycles. The molecule has 0 aliphatic carbocycles. The van der Waals surface area contributed by atoms with Crippen LogP contribution in [0, 0.1) is 18.8 Å². The number of benzene rings is 1. The molecule has 0 saturated carbocycles. The molecule has 1 aliphatic rings. The lowest BCUT2D eigenvalue weighted by Gasteiger charge is -2.16. The van der Waals surface area contributed by atoms with Crippen LogP contribution >= 0.6 is 0 Å². The Morgan fingerprint density at radius 1 is 1.37 bits per heavy atom. The van der Waals surface area contributed by atoms with Crippen LogP contribution in [0.5, 0.6) is 0 Å². The van der Waals surface area contributed by atoms with Gasteiger partial charge in [0, 0.05) is 13.1 Å². The van der Waals surface area contributed by atoms with Crippen molar-refractivity contribution in [2.45, 2.75) is 18.7 Å². The fraction of sp³-hybridized carbons (Fsp3) is 0.462. The highest BCUT2D eigenvalue weighted by Crippen LogP contribution is 2.28. The summed E-state index contributed by atoms with van der Waals surface area (Å²) in [5.41, 5.74) is 0.864. The summed E-state index contributed by atoms with van der Waals surface area (Å²) in [5, 5.41) is 9.06. The molecule has 1 N–H and O–H groups in total. The first kappa shape index (κ1) is 14.0. The Labute approximate surface area is 112 Å². The second-order valence-electron chi connectivity index (χ2n) is 5.06. The van der Waals surface area contributed by atoms with Crippen LogP contribution in [0.15, 0.2) is 29.2 Å². The van der Waals surface area contributed by atoms with Crippen molar-refractivity contribution in [2.24, 2.45) is 11.8 Å². The maximum atomic E-state index is 12.4. The summed E-state index contributed by atoms with van der Waals surface area (Å²) in [6.07, 6.45) is 0. The monoisotopic (exact) mass is 283 g/mol. The molecule has 19 heavy (non-hydrogen) atoms. The minimum absolute atomic E-state index is 0.0484. The lowest BCUT2D eigenvalue weighted by atomic mass is 9.99. The second-order valence-corrected chi connectivity index (χ2v) is 7.00. The molecule has 6 heteroatoms. The molecule has 1 aromatic rings. The molecule has 0 aromatic heterocycles. The van der Waals surface area contributed by atoms with E-state index in [1.807, 2.05) is 13.0 Å². The predicted molar refractivity (Wildman–Crippen MR) is 70.2 cm³/mol. The van der Waals surface area contributed by atoms with E-state index in [9.17, 15) is 13.2 Å². The molecule has 5 nitrogen and oxygen atoms in total. The maximum absolute atomic E-state index is 12.4. The van der Waals surface area contributed by atoms with Gasteiger partial charge in [0.2, 0.25) is 10.0 Å². The molecule has 2 atom stereocenters. The van der Waals surface area contributed by atoms with Gasteiger partial charge >= 0.3 is 5.97 Å². The molecule has 1 aliphatic heterocycles. The lowest BCUT2D eigenvalue weighted by Crippen LogP contribution is -2.30. The smallest absolute Gasteiger partial charge is 0.308 e. The molecular formula is C13H17NO4S. The van der Waals surface area contributed by atoms with Crippen molar-refractivity contribution in [1.29, 1.82) is 0 Å². The van der Waals surface area contributed by atoms with E-state index in [2.05, 4.69) is 0 Å². The van der Waals surface area contributed by atoms with E-state index in [1.54, 1.807) is 25.1 Å². The largest absolute Gasteiger partial charge is 0.481 e. The van der Waals surface area contributed by atoms with Crippen molar-refractivity contribution in [3.63, 3.8) is 0 Å². The zero-order valence-electron chi connectivity index (χ0n) is 10.9. The average molecular weight is 283 g/mol. The number of nitrogens with zero attached hydrogens (tertiary/aromatic N) is 1. The average Bonchev–Trinajstić information content (AvgIpc) is 2.72. The highest BCUT2D eigenvalue weighted by atomic mass is 32.2. The summed E-state index contributed by atoms with van der Waals surface area (Å²) in [7, 11) is -3.59. The predicted octanol–water partition coefficient (Wildman–Crippen LogP) is 1.34. The van der Waals surface area contributed by atoms with Crippen LogP contribution < -0.4 is 0 Å². The van der Waals surface area contributed by atoms with Gasteiger partial charge in [-0.2, -0.15) is 4.31 Å². The lowest BCUT2D eigenvalue weighted by molar-refractivity contribution is -0.142. The number of sulfonamides is 1. The van der Waals surface area contributed by atoms with Gasteiger partial charge in [0.25, 0.3) is 0 Å². The van der Waals surface area contributed by atoms with Crippen molar-refractivity contribution in [3.05, 3.63) is 29.8 Å². The first-order chi connectivity index (χ1) is 8.82. The van der Waals surface area contributed by atoms with E-state index in [0.29, 0.717) is 0 Å². The standard InChI is InChI=1S/C13H17NO4S/c1-9-4-3-5-11(6-9)19(17,18)14-7-10(2)12(8-14)13(15)16/h3-6,10,12H,7-8H2,1-2H3,(H,15,16). The van der Waals surface area contributed by atoms with Crippen LogP contribution in [0.1, 0.15) is 12.5 Å². The number of rotatable bonds is 3. The Morgan fingerprint density at radius 2 is 2.05 bits per heavy atom. The third kappa shape index (κ3) is 2.64. The second kappa shape index (κ2) is 4.94. The molecule has 2 rings (SSSR count). The zero-order valence-corrected chi connectivity index (χ0v) is 11.7. The zero-order chi connectivity index (χ0) is 14.2. The molecule has 0 bridgehead atoms. The van der Waals surface area contributed by atoms with E-state index in [0.717, 1.165) is 5.56 Å². The van der Waals surface area contributed by atoms with Crippen molar-refractivity contribution in [3.8, 4) is 0 Å². The minimum Gasteiger partial charge on any atom is -0.481 e. The molecule has 0 amide bonds. The van der Waals surface area contributed by atoms with Gasteiger partial charge in [0.1, 0.15) is 0 Å². The van der Waals surface area contributed by atoms with Gasteiger partial charge in [0.15, 0.2) is 0 Å². The van der Waals surface area contributed by atoms with Gasteiger partial charge in [-0.05, 0) is 30.5 Å². The number of aryl methyl sites for hydroxylation is 1. The molecule has 0 spiro atoms. The third-order valence-electron chi connectivity index (χ3n) is 3.52. The van der Waals surface area contributed by atoms with Crippen molar-refractivity contribution in [1.82, 2.24) is 4.31 Å². The summed E-state index contributed by atoms with van der Waals surface area (Å²) in [6.45, 7) is 3.90. The normalized spacial score (nSPS) is 24.5. The van der Waals surface area contributed by atoms with Crippen molar-refractivity contribution < 1.29 is 18.3 Å². The van der Waals surface area contributed by atoms with Gasteiger partial charge < -0.3 is 5.11 Å². The Balaban J connectivity index is 2.30. The van der Waals surface area contributed by atoms with E-state index in [1.165, 1.54) is 4.31 Å². The highest BCUT2D eigenvalue weighted by Gasteiger charge is 2.40. The molecule has 0 radical (unpaired) electrons. The molecule has 1 fully saturated rings. The first-order valence-corrected chi connectivity index (χ1v) is 7.56. The number of carbonyl (C=O) groups is 1. The Kier molecular flexibility index (Phi) is 3.64. The van der Waals surface area contributed by atoms with Gasteiger partial charge in [0.05, 0.1) is 10.8 Å². The quantitative estimate of drug-likeness (QED) is 0.908. The minimum atomic E-state index is -3.59. The van der Waals surface area contributed by atoms with Crippen molar-refractivity contribution in [2.75, 3.05) is 13.1 Å². The number of carboxylic acids is 1. The van der Waals surface area contributed by atoms with Gasteiger partial charge in [-0.3, -0.25) is 4.79 Å². The first-order valence-electron chi connectivity index (χ1n) is 6.12. The number of hydrogen-bond acceptors (Lipinski definition) is 3. The van der Waals surface area contributed by atoms with Crippen molar-refractivity contribution >= 4 is 16.0 Å². The van der Waals surface area contributed by atoms with E-state index < -0.39 is 21.9 Å². The molecular weight excluding hydrogens is 266 g/mol. The van der Waals surface area contributed by atoms with Crippen LogP contribution in [0.2, 0.25) is 0 Å². The van der Waals surface area contributed by atoms with E-state index in [-0.39, 0.29) is 23.9 Å². The Morgan fingerprint density at radius 3 is 2.58 bits per heavy atom. The van der Waals surface area contributed by atoms with Crippen LogP contribution in [-0.2, 0) is 14.8 Å². The summed E-state index contributed by atoms with van der Waals surface area (Å²) in [5.74, 6) is -1.73. The summed E-state index contributed by atoms with van der Waals surface area (Å²) < 4.78 is 26.1. The van der Waals surface area contributed by atoms with E-state index >= 15 is 0 Å². The topological polar surface area (TPSA) is 74.7 Å². The molecule has 1 heterocycles. The fourth-order valence-corrected chi connectivity index (χ4v) is 4.04. The summed E-state index contributed by atoms with van der Waals surface area (Å²) in [4.78, 5) is 11.3. The SMILES string of the molecule is Cc1cccc(S(=O)(=O)N2CC(C)C(C(=O)O)C2)c1. The van der Waals surface area contributed by atoms with Crippen LogP contribution in [-0.4, -0.2) is 36.9 Å². The van der Waals surface area contributed by atoms with Gasteiger partial charge in [-0.1, -0.05) is 19.1 Å². The van der Waals surface area contributed by atoms with E-state index in [4.69, 9.17) is 5.11 Å². The Hall–Kier alpha value is -1.40. The third-order valence-corrected chi connectivity index (χ3v) is 5.35. The number of hydrogen-bond donors (Lipinski definition) is 1. The van der Waals surface area contributed by atoms with Gasteiger partial charge in [-0.15, -0.1) is 0 Å². The molecule has 1 saturated heterocycles. The number of carboxylic acid groups (broad SMARTS) is 1. The van der Waals surface area contributed by atoms with Crippen LogP contribution in [0.3, 0.4) is 0 Å².